The molecule has 0 fully saturated rings. The molecule has 0 saturated heterocycles. The van der Waals surface area contributed by atoms with Gasteiger partial charge in [-0.25, -0.2) is 4.98 Å². The third-order valence-electron chi connectivity index (χ3n) is 6.49. The highest BCUT2D eigenvalue weighted by molar-refractivity contribution is 5.92. The fraction of sp³-hybridized carbons (Fsp3) is 0.379. The number of phenols is 1. The molecule has 0 bridgehead atoms. The molecule has 1 aromatic heterocycles. The van der Waals surface area contributed by atoms with E-state index >= 15 is 0 Å². The van der Waals surface area contributed by atoms with Crippen molar-refractivity contribution in [3.8, 4) is 5.75 Å². The van der Waals surface area contributed by atoms with Crippen molar-refractivity contribution < 1.29 is 24.6 Å². The fourth-order valence-corrected chi connectivity index (χ4v) is 4.39. The van der Waals surface area contributed by atoms with Crippen LogP contribution in [0.3, 0.4) is 0 Å². The number of nitrogens with one attached hydrogen (secondary N) is 2. The summed E-state index contributed by atoms with van der Waals surface area (Å²) >= 11 is 0. The lowest BCUT2D eigenvalue weighted by molar-refractivity contribution is -0.131. The summed E-state index contributed by atoms with van der Waals surface area (Å²) in [5, 5.41) is 22.3. The first-order valence-corrected chi connectivity index (χ1v) is 13.0. The van der Waals surface area contributed by atoms with Gasteiger partial charge in [0.25, 0.3) is 0 Å². The average Bonchev–Trinajstić information content (AvgIpc) is 3.44. The molecule has 0 aliphatic carbocycles. The van der Waals surface area contributed by atoms with Crippen LogP contribution in [0, 0.1) is 13.8 Å². The largest absolute Gasteiger partial charge is 0.508 e. The van der Waals surface area contributed by atoms with Crippen LogP contribution in [0.4, 0.5) is 0 Å². The van der Waals surface area contributed by atoms with Crippen molar-refractivity contribution in [1.29, 1.82) is 0 Å². The predicted molar refractivity (Wildman–Crippen MR) is 152 cm³/mol. The molecular formula is C29H40N6O5. The zero-order chi connectivity index (χ0) is 29.7. The first-order valence-electron chi connectivity index (χ1n) is 13.0. The summed E-state index contributed by atoms with van der Waals surface area (Å²) in [4.78, 5) is 42.5. The van der Waals surface area contributed by atoms with Gasteiger partial charge >= 0.3 is 0 Å². The van der Waals surface area contributed by atoms with Crippen molar-refractivity contribution in [2.24, 2.45) is 11.5 Å². The van der Waals surface area contributed by atoms with E-state index in [1.807, 2.05) is 54.9 Å². The van der Waals surface area contributed by atoms with Crippen LogP contribution in [-0.2, 0) is 33.8 Å². The Labute approximate surface area is 234 Å². The van der Waals surface area contributed by atoms with Crippen molar-refractivity contribution in [3.63, 3.8) is 0 Å². The lowest BCUT2D eigenvalue weighted by atomic mass is 9.95. The standard InChI is InChI=1S/C28H36N6O4.CH4O/c1-18-13-21(35)14-19(2)22(18)16-23(29)27(37)32-24(9-6-11-34-12-10-31-17-34)28(38)33-25(26(30)36)15-20-7-4-3-5-8-20;1-2/h3-5,7-8,10,12-14,17,23-25,35H,6,9,11,15-16,29H2,1-2H3,(H2,30,36)(H,32,37)(H,33,38);2H,1H3/t23?,24-,25+;/m1./s1. The lowest BCUT2D eigenvalue weighted by Gasteiger charge is -2.24. The second-order valence-corrected chi connectivity index (χ2v) is 9.53. The van der Waals surface area contributed by atoms with Crippen LogP contribution in [-0.4, -0.2) is 62.7 Å². The van der Waals surface area contributed by atoms with Gasteiger partial charge in [-0.2, -0.15) is 0 Å². The number of aromatic nitrogens is 2. The number of aliphatic hydroxyl groups is 1. The SMILES string of the molecule is CO.Cc1cc(O)cc(C)c1CC(N)C(=O)N[C@H](CCCn1ccnc1)C(=O)N[C@@H](Cc1ccccc1)C(N)=O. The molecule has 3 aromatic rings. The number of benzene rings is 2. The Morgan fingerprint density at radius 2 is 1.60 bits per heavy atom. The highest BCUT2D eigenvalue weighted by Gasteiger charge is 2.28. The molecule has 0 saturated carbocycles. The Bertz CT molecular complexity index is 1210. The van der Waals surface area contributed by atoms with E-state index in [9.17, 15) is 19.5 Å². The molecule has 0 aliphatic heterocycles. The molecule has 0 aliphatic rings. The topological polar surface area (TPSA) is 186 Å². The Morgan fingerprint density at radius 1 is 0.975 bits per heavy atom. The molecule has 0 spiro atoms. The van der Waals surface area contributed by atoms with Crippen LogP contribution in [0.2, 0.25) is 0 Å². The third-order valence-corrected chi connectivity index (χ3v) is 6.49. The van der Waals surface area contributed by atoms with E-state index in [0.717, 1.165) is 29.4 Å². The number of amides is 3. The number of aliphatic hydroxyl groups excluding tert-OH is 1. The minimum absolute atomic E-state index is 0.149. The number of aryl methyl sites for hydroxylation is 3. The van der Waals surface area contributed by atoms with Crippen LogP contribution < -0.4 is 22.1 Å². The molecule has 8 N–H and O–H groups in total. The Hall–Kier alpha value is -4.22. The molecule has 1 heterocycles. The highest BCUT2D eigenvalue weighted by Crippen LogP contribution is 2.22. The third kappa shape index (κ3) is 9.83. The summed E-state index contributed by atoms with van der Waals surface area (Å²) in [6.45, 7) is 4.28. The minimum Gasteiger partial charge on any atom is -0.508 e. The van der Waals surface area contributed by atoms with Crippen molar-refractivity contribution in [2.75, 3.05) is 7.11 Å². The van der Waals surface area contributed by atoms with Gasteiger partial charge < -0.3 is 36.9 Å². The fourth-order valence-electron chi connectivity index (χ4n) is 4.39. The van der Waals surface area contributed by atoms with Gasteiger partial charge in [-0.05, 0) is 67.5 Å². The number of rotatable bonds is 13. The van der Waals surface area contributed by atoms with Crippen molar-refractivity contribution in [3.05, 3.63) is 83.4 Å². The first-order chi connectivity index (χ1) is 19.1. The van der Waals surface area contributed by atoms with Gasteiger partial charge in [0, 0.05) is 32.5 Å². The summed E-state index contributed by atoms with van der Waals surface area (Å²) in [6, 6.07) is 9.70. The number of aromatic hydroxyl groups is 1. The number of phenolic OH excluding ortho intramolecular Hbond substituents is 1. The summed E-state index contributed by atoms with van der Waals surface area (Å²) in [6.07, 6.45) is 6.52. The quantitative estimate of drug-likeness (QED) is 0.181. The Kier molecular flexibility index (Phi) is 12.8. The van der Waals surface area contributed by atoms with E-state index in [4.69, 9.17) is 16.6 Å². The predicted octanol–water partition coefficient (Wildman–Crippen LogP) is 0.862. The number of hydrogen-bond donors (Lipinski definition) is 6. The molecular weight excluding hydrogens is 512 g/mol. The Balaban J connectivity index is 0.00000274. The molecule has 3 amide bonds. The summed E-state index contributed by atoms with van der Waals surface area (Å²) in [7, 11) is 1.00. The van der Waals surface area contributed by atoms with E-state index in [2.05, 4.69) is 15.6 Å². The summed E-state index contributed by atoms with van der Waals surface area (Å²) in [5.41, 5.74) is 15.2. The molecule has 3 rings (SSSR count). The van der Waals surface area contributed by atoms with Crippen LogP contribution in [0.1, 0.15) is 35.1 Å². The van der Waals surface area contributed by atoms with E-state index in [0.29, 0.717) is 19.4 Å². The van der Waals surface area contributed by atoms with Crippen molar-refractivity contribution >= 4 is 17.7 Å². The number of hydrogen-bond acceptors (Lipinski definition) is 7. The zero-order valence-electron chi connectivity index (χ0n) is 23.2. The number of nitrogens with two attached hydrogens (primary N) is 2. The van der Waals surface area contributed by atoms with Gasteiger partial charge in [0.2, 0.25) is 17.7 Å². The zero-order valence-corrected chi connectivity index (χ0v) is 23.2. The van der Waals surface area contributed by atoms with E-state index in [1.165, 1.54) is 0 Å². The molecule has 1 unspecified atom stereocenters. The average molecular weight is 553 g/mol. The minimum atomic E-state index is -0.936. The summed E-state index contributed by atoms with van der Waals surface area (Å²) < 4.78 is 1.88. The molecule has 216 valence electrons. The van der Waals surface area contributed by atoms with Gasteiger partial charge in [-0.1, -0.05) is 30.3 Å². The normalized spacial score (nSPS) is 12.8. The van der Waals surface area contributed by atoms with Crippen LogP contribution in [0.15, 0.2) is 61.2 Å². The summed E-state index contributed by atoms with van der Waals surface area (Å²) in [5.74, 6) is -1.51. The number of primary amides is 1. The van der Waals surface area contributed by atoms with Crippen molar-refractivity contribution in [1.82, 2.24) is 20.2 Å². The molecule has 11 nitrogen and oxygen atoms in total. The van der Waals surface area contributed by atoms with Gasteiger partial charge in [0.15, 0.2) is 0 Å². The van der Waals surface area contributed by atoms with E-state index in [1.54, 1.807) is 24.7 Å². The van der Waals surface area contributed by atoms with Gasteiger partial charge in [0.1, 0.15) is 17.8 Å². The highest BCUT2D eigenvalue weighted by atomic mass is 16.3. The maximum atomic E-state index is 13.3. The van der Waals surface area contributed by atoms with E-state index < -0.39 is 35.8 Å². The number of carbonyl (C=O) groups excluding carboxylic acids is 3. The van der Waals surface area contributed by atoms with Crippen molar-refractivity contribution in [2.45, 2.75) is 64.2 Å². The lowest BCUT2D eigenvalue weighted by Crippen LogP contribution is -2.56. The molecule has 11 heteroatoms. The number of carbonyl (C=O) groups is 3. The second kappa shape index (κ2) is 16.0. The maximum absolute atomic E-state index is 13.3. The maximum Gasteiger partial charge on any atom is 0.243 e. The number of imidazole rings is 1. The van der Waals surface area contributed by atoms with Crippen LogP contribution in [0.5, 0.6) is 5.75 Å². The molecule has 40 heavy (non-hydrogen) atoms. The first kappa shape index (κ1) is 32.0. The van der Waals surface area contributed by atoms with Gasteiger partial charge in [-0.3, -0.25) is 14.4 Å². The second-order valence-electron chi connectivity index (χ2n) is 9.53. The van der Waals surface area contributed by atoms with Gasteiger partial charge in [0.05, 0.1) is 12.4 Å². The molecule has 2 aromatic carbocycles. The smallest absolute Gasteiger partial charge is 0.243 e. The number of nitrogens with zero attached hydrogens (tertiary/aromatic N) is 2. The van der Waals surface area contributed by atoms with Gasteiger partial charge in [-0.15, -0.1) is 0 Å². The monoisotopic (exact) mass is 552 g/mol. The van der Waals surface area contributed by atoms with Crippen LogP contribution >= 0.6 is 0 Å². The Morgan fingerprint density at radius 3 is 2.17 bits per heavy atom. The molecule has 0 radical (unpaired) electrons. The molecule has 3 atom stereocenters. The van der Waals surface area contributed by atoms with E-state index in [-0.39, 0.29) is 18.6 Å². The van der Waals surface area contributed by atoms with Crippen LogP contribution in [0.25, 0.3) is 0 Å².